The summed E-state index contributed by atoms with van der Waals surface area (Å²) in [6.45, 7) is 3.16. The topological polar surface area (TPSA) is 32.3 Å². The Kier molecular flexibility index (Phi) is 3.39. The van der Waals surface area contributed by atoms with Gasteiger partial charge in [-0.15, -0.1) is 0 Å². The second-order valence-corrected chi connectivity index (χ2v) is 4.40. The van der Waals surface area contributed by atoms with Gasteiger partial charge in [0, 0.05) is 6.04 Å². The van der Waals surface area contributed by atoms with E-state index in [0.29, 0.717) is 6.04 Å². The summed E-state index contributed by atoms with van der Waals surface area (Å²) in [5.74, 6) is 0. The van der Waals surface area contributed by atoms with Gasteiger partial charge in [0.15, 0.2) is 0 Å². The van der Waals surface area contributed by atoms with Crippen LogP contribution in [0.5, 0.6) is 0 Å². The first-order valence-electron chi connectivity index (χ1n) is 5.74. The van der Waals surface area contributed by atoms with Crippen molar-refractivity contribution < 1.29 is 5.11 Å². The fourth-order valence-electron chi connectivity index (χ4n) is 2.32. The molecule has 1 saturated heterocycles. The number of aliphatic hydroxyl groups is 1. The van der Waals surface area contributed by atoms with Crippen molar-refractivity contribution in [3.8, 4) is 0 Å². The number of rotatable bonds is 3. The van der Waals surface area contributed by atoms with Gasteiger partial charge in [-0.05, 0) is 43.9 Å². The molecule has 2 nitrogen and oxygen atoms in total. The second kappa shape index (κ2) is 4.77. The van der Waals surface area contributed by atoms with E-state index >= 15 is 0 Å². The van der Waals surface area contributed by atoms with E-state index in [2.05, 4.69) is 18.3 Å². The van der Waals surface area contributed by atoms with Crippen molar-refractivity contribution in [3.63, 3.8) is 0 Å². The van der Waals surface area contributed by atoms with Crippen LogP contribution in [0.1, 0.15) is 36.5 Å². The number of aliphatic hydroxyl groups excluding tert-OH is 1. The van der Waals surface area contributed by atoms with E-state index in [1.807, 2.05) is 18.2 Å². The smallest absolute Gasteiger partial charge is 0.0807 e. The van der Waals surface area contributed by atoms with Crippen molar-refractivity contribution in [2.24, 2.45) is 0 Å². The summed E-state index contributed by atoms with van der Waals surface area (Å²) in [4.78, 5) is 0. The summed E-state index contributed by atoms with van der Waals surface area (Å²) in [5, 5.41) is 13.5. The zero-order chi connectivity index (χ0) is 10.7. The molecule has 1 aliphatic heterocycles. The van der Waals surface area contributed by atoms with Gasteiger partial charge in [-0.25, -0.2) is 0 Å². The molecule has 0 radical (unpaired) electrons. The maximum Gasteiger partial charge on any atom is 0.0807 e. The summed E-state index contributed by atoms with van der Waals surface area (Å²) in [6, 6.07) is 8.59. The van der Waals surface area contributed by atoms with E-state index in [9.17, 15) is 5.11 Å². The molecule has 0 amide bonds. The zero-order valence-corrected chi connectivity index (χ0v) is 9.24. The molecule has 2 atom stereocenters. The summed E-state index contributed by atoms with van der Waals surface area (Å²) in [6.07, 6.45) is 2.96. The van der Waals surface area contributed by atoms with Crippen molar-refractivity contribution in [3.05, 3.63) is 35.4 Å². The Morgan fingerprint density at radius 2 is 2.27 bits per heavy atom. The van der Waals surface area contributed by atoms with Gasteiger partial charge in [0.1, 0.15) is 0 Å². The maximum atomic E-state index is 10.1. The van der Waals surface area contributed by atoms with Crippen molar-refractivity contribution >= 4 is 0 Å². The highest BCUT2D eigenvalue weighted by Gasteiger charge is 2.19. The molecule has 0 aromatic heterocycles. The Hall–Kier alpha value is -0.860. The second-order valence-electron chi connectivity index (χ2n) is 4.40. The van der Waals surface area contributed by atoms with Crippen molar-refractivity contribution in [2.75, 3.05) is 6.54 Å². The van der Waals surface area contributed by atoms with Crippen LogP contribution in [-0.2, 0) is 0 Å². The van der Waals surface area contributed by atoms with E-state index in [4.69, 9.17) is 0 Å². The van der Waals surface area contributed by atoms with Crippen LogP contribution in [0.3, 0.4) is 0 Å². The van der Waals surface area contributed by atoms with Crippen LogP contribution in [0.2, 0.25) is 0 Å². The fraction of sp³-hybridized carbons (Fsp3) is 0.538. The van der Waals surface area contributed by atoms with Gasteiger partial charge in [-0.2, -0.15) is 0 Å². The number of hydrogen-bond donors (Lipinski definition) is 2. The van der Waals surface area contributed by atoms with Gasteiger partial charge in [-0.3, -0.25) is 0 Å². The Morgan fingerprint density at radius 1 is 1.47 bits per heavy atom. The molecule has 1 fully saturated rings. The van der Waals surface area contributed by atoms with Gasteiger partial charge in [0.25, 0.3) is 0 Å². The highest BCUT2D eigenvalue weighted by Crippen LogP contribution is 2.24. The fourth-order valence-corrected chi connectivity index (χ4v) is 2.32. The lowest BCUT2D eigenvalue weighted by atomic mass is 9.97. The maximum absolute atomic E-state index is 10.1. The monoisotopic (exact) mass is 205 g/mol. The molecule has 1 aromatic carbocycles. The lowest BCUT2D eigenvalue weighted by molar-refractivity contribution is 0.154. The lowest BCUT2D eigenvalue weighted by Crippen LogP contribution is -2.23. The first kappa shape index (κ1) is 10.7. The highest BCUT2D eigenvalue weighted by molar-refractivity contribution is 5.27. The van der Waals surface area contributed by atoms with Gasteiger partial charge < -0.3 is 10.4 Å². The number of nitrogens with one attached hydrogen (secondary N) is 1. The summed E-state index contributed by atoms with van der Waals surface area (Å²) >= 11 is 0. The Labute approximate surface area is 91.3 Å². The molecule has 1 heterocycles. The first-order valence-corrected chi connectivity index (χ1v) is 5.74. The van der Waals surface area contributed by atoms with Crippen LogP contribution in [0, 0.1) is 6.92 Å². The van der Waals surface area contributed by atoms with E-state index in [0.717, 1.165) is 18.5 Å². The Balaban J connectivity index is 2.00. The lowest BCUT2D eigenvalue weighted by Gasteiger charge is -2.17. The first-order chi connectivity index (χ1) is 7.27. The van der Waals surface area contributed by atoms with Crippen molar-refractivity contribution in [2.45, 2.75) is 38.3 Å². The molecule has 0 saturated carbocycles. The van der Waals surface area contributed by atoms with E-state index in [-0.39, 0.29) is 6.10 Å². The average molecular weight is 205 g/mol. The molecule has 1 aromatic rings. The van der Waals surface area contributed by atoms with E-state index in [1.165, 1.54) is 18.4 Å². The predicted molar refractivity (Wildman–Crippen MR) is 61.8 cm³/mol. The minimum absolute atomic E-state index is 0.318. The molecule has 2 heteroatoms. The predicted octanol–water partition coefficient (Wildman–Crippen LogP) is 2.17. The molecule has 2 rings (SSSR count). The summed E-state index contributed by atoms with van der Waals surface area (Å²) in [7, 11) is 0. The number of hydrogen-bond acceptors (Lipinski definition) is 2. The van der Waals surface area contributed by atoms with Crippen molar-refractivity contribution in [1.82, 2.24) is 5.32 Å². The SMILES string of the molecule is Cc1ccccc1C(O)CC1CCCN1. The van der Waals surface area contributed by atoms with Gasteiger partial charge in [0.05, 0.1) is 6.10 Å². The van der Waals surface area contributed by atoms with Crippen LogP contribution in [0.25, 0.3) is 0 Å². The molecule has 0 spiro atoms. The van der Waals surface area contributed by atoms with Gasteiger partial charge in [0.2, 0.25) is 0 Å². The van der Waals surface area contributed by atoms with Crippen LogP contribution >= 0.6 is 0 Å². The average Bonchev–Trinajstić information content (AvgIpc) is 2.71. The zero-order valence-electron chi connectivity index (χ0n) is 9.24. The molecule has 15 heavy (non-hydrogen) atoms. The quantitative estimate of drug-likeness (QED) is 0.792. The third-order valence-electron chi connectivity index (χ3n) is 3.22. The molecular formula is C13H19NO. The number of aryl methyl sites for hydroxylation is 1. The van der Waals surface area contributed by atoms with E-state index in [1.54, 1.807) is 0 Å². The summed E-state index contributed by atoms with van der Waals surface area (Å²) in [5.41, 5.74) is 2.26. The Morgan fingerprint density at radius 3 is 2.93 bits per heavy atom. The standard InChI is InChI=1S/C13H19NO/c1-10-5-2-3-7-12(10)13(15)9-11-6-4-8-14-11/h2-3,5,7,11,13-15H,4,6,8-9H2,1H3. The molecule has 2 unspecified atom stereocenters. The summed E-state index contributed by atoms with van der Waals surface area (Å²) < 4.78 is 0. The van der Waals surface area contributed by atoms with Crippen LogP contribution in [-0.4, -0.2) is 17.7 Å². The van der Waals surface area contributed by atoms with Crippen molar-refractivity contribution in [1.29, 1.82) is 0 Å². The molecule has 2 N–H and O–H groups in total. The van der Waals surface area contributed by atoms with Crippen LogP contribution < -0.4 is 5.32 Å². The third-order valence-corrected chi connectivity index (χ3v) is 3.22. The number of benzene rings is 1. The van der Waals surface area contributed by atoms with E-state index < -0.39 is 0 Å². The minimum atomic E-state index is -0.318. The van der Waals surface area contributed by atoms with Crippen LogP contribution in [0.15, 0.2) is 24.3 Å². The van der Waals surface area contributed by atoms with Gasteiger partial charge >= 0.3 is 0 Å². The largest absolute Gasteiger partial charge is 0.388 e. The molecule has 0 bridgehead atoms. The molecule has 82 valence electrons. The molecule has 1 aliphatic rings. The molecular weight excluding hydrogens is 186 g/mol. The highest BCUT2D eigenvalue weighted by atomic mass is 16.3. The minimum Gasteiger partial charge on any atom is -0.388 e. The molecule has 0 aliphatic carbocycles. The Bertz CT molecular complexity index is 318. The van der Waals surface area contributed by atoms with Gasteiger partial charge in [-0.1, -0.05) is 24.3 Å². The van der Waals surface area contributed by atoms with Crippen LogP contribution in [0.4, 0.5) is 0 Å². The third kappa shape index (κ3) is 2.58. The normalized spacial score (nSPS) is 22.9.